The lowest BCUT2D eigenvalue weighted by Gasteiger charge is -2.16. The summed E-state index contributed by atoms with van der Waals surface area (Å²) < 4.78 is 24.3. The minimum Gasteiger partial charge on any atom is -0.492 e. The molecule has 0 amide bonds. The van der Waals surface area contributed by atoms with E-state index >= 15 is 0 Å². The molecular formula is C12H14BrFO3. The molecule has 1 N–H and O–H groups in total. The van der Waals surface area contributed by atoms with Crippen LogP contribution < -0.4 is 9.47 Å². The molecule has 0 saturated heterocycles. The standard InChI is InChI=1S/C12H14BrFO3/c1-16-10-7(6-12(15)3-4-12)5-8(13)9(14)11(10)17-2/h5,15H,3-4,6H2,1-2H3. The lowest BCUT2D eigenvalue weighted by atomic mass is 10.0. The van der Waals surface area contributed by atoms with Gasteiger partial charge in [0, 0.05) is 12.0 Å². The Bertz CT molecular complexity index is 444. The van der Waals surface area contributed by atoms with Crippen LogP contribution in [-0.4, -0.2) is 24.9 Å². The molecule has 0 aromatic heterocycles. The third-order valence-electron chi connectivity index (χ3n) is 2.96. The van der Waals surface area contributed by atoms with E-state index in [1.807, 2.05) is 0 Å². The van der Waals surface area contributed by atoms with Crippen molar-refractivity contribution in [2.45, 2.75) is 24.9 Å². The highest BCUT2D eigenvalue weighted by Crippen LogP contribution is 2.44. The average Bonchev–Trinajstić information content (AvgIpc) is 3.00. The van der Waals surface area contributed by atoms with E-state index in [4.69, 9.17) is 9.47 Å². The maximum absolute atomic E-state index is 13.8. The Hall–Kier alpha value is -0.810. The Morgan fingerprint density at radius 3 is 2.41 bits per heavy atom. The second-order valence-electron chi connectivity index (χ2n) is 4.30. The molecule has 1 aliphatic carbocycles. The molecule has 1 aromatic carbocycles. The van der Waals surface area contributed by atoms with Gasteiger partial charge in [0.05, 0.1) is 24.3 Å². The summed E-state index contributed by atoms with van der Waals surface area (Å²) in [7, 11) is 2.86. The SMILES string of the molecule is COc1c(CC2(O)CC2)cc(Br)c(F)c1OC. The summed E-state index contributed by atoms with van der Waals surface area (Å²) in [6.45, 7) is 0. The molecule has 94 valence electrons. The smallest absolute Gasteiger partial charge is 0.198 e. The van der Waals surface area contributed by atoms with E-state index in [9.17, 15) is 9.50 Å². The number of hydrogen-bond acceptors (Lipinski definition) is 3. The predicted octanol–water partition coefficient (Wildman–Crippen LogP) is 2.67. The fourth-order valence-electron chi connectivity index (χ4n) is 1.85. The highest BCUT2D eigenvalue weighted by Gasteiger charge is 2.41. The first kappa shape index (κ1) is 12.6. The van der Waals surface area contributed by atoms with Crippen molar-refractivity contribution in [2.75, 3.05) is 14.2 Å². The molecular weight excluding hydrogens is 291 g/mol. The van der Waals surface area contributed by atoms with Gasteiger partial charge in [0.2, 0.25) is 0 Å². The van der Waals surface area contributed by atoms with Crippen molar-refractivity contribution in [3.05, 3.63) is 21.9 Å². The van der Waals surface area contributed by atoms with Gasteiger partial charge in [-0.1, -0.05) is 0 Å². The van der Waals surface area contributed by atoms with E-state index in [2.05, 4.69) is 15.9 Å². The van der Waals surface area contributed by atoms with Crippen molar-refractivity contribution >= 4 is 15.9 Å². The number of rotatable bonds is 4. The second kappa shape index (κ2) is 4.46. The van der Waals surface area contributed by atoms with Crippen LogP contribution in [-0.2, 0) is 6.42 Å². The molecule has 0 unspecified atom stereocenters. The molecule has 0 heterocycles. The van der Waals surface area contributed by atoms with Crippen molar-refractivity contribution < 1.29 is 19.0 Å². The van der Waals surface area contributed by atoms with Gasteiger partial charge in [-0.05, 0) is 34.8 Å². The Morgan fingerprint density at radius 1 is 1.35 bits per heavy atom. The Balaban J connectivity index is 2.46. The van der Waals surface area contributed by atoms with E-state index < -0.39 is 11.4 Å². The van der Waals surface area contributed by atoms with E-state index in [-0.39, 0.29) is 5.75 Å². The van der Waals surface area contributed by atoms with Gasteiger partial charge in [-0.25, -0.2) is 4.39 Å². The summed E-state index contributed by atoms with van der Waals surface area (Å²) in [6.07, 6.45) is 1.99. The highest BCUT2D eigenvalue weighted by molar-refractivity contribution is 9.10. The Morgan fingerprint density at radius 2 is 1.94 bits per heavy atom. The summed E-state index contributed by atoms with van der Waals surface area (Å²) in [5.74, 6) is -0.0643. The fourth-order valence-corrected chi connectivity index (χ4v) is 2.31. The molecule has 1 aliphatic rings. The maximum atomic E-state index is 13.8. The Kier molecular flexibility index (Phi) is 3.32. The van der Waals surface area contributed by atoms with Crippen molar-refractivity contribution in [2.24, 2.45) is 0 Å². The summed E-state index contributed by atoms with van der Waals surface area (Å²) in [5, 5.41) is 9.92. The molecule has 17 heavy (non-hydrogen) atoms. The Labute approximate surface area is 108 Å². The van der Waals surface area contributed by atoms with Crippen molar-refractivity contribution in [1.82, 2.24) is 0 Å². The van der Waals surface area contributed by atoms with Gasteiger partial charge in [0.15, 0.2) is 17.3 Å². The zero-order chi connectivity index (χ0) is 12.6. The largest absolute Gasteiger partial charge is 0.492 e. The first-order valence-corrected chi connectivity index (χ1v) is 6.11. The molecule has 1 fully saturated rings. The van der Waals surface area contributed by atoms with Gasteiger partial charge >= 0.3 is 0 Å². The molecule has 0 aliphatic heterocycles. The molecule has 3 nitrogen and oxygen atoms in total. The molecule has 5 heteroatoms. The molecule has 2 rings (SSSR count). The minimum atomic E-state index is -0.657. The molecule has 0 radical (unpaired) electrons. The van der Waals surface area contributed by atoms with E-state index in [0.29, 0.717) is 16.6 Å². The summed E-state index contributed by atoms with van der Waals surface area (Å²) in [5.41, 5.74) is 0.0906. The van der Waals surface area contributed by atoms with Gasteiger partial charge in [0.25, 0.3) is 0 Å². The molecule has 1 saturated carbocycles. The topological polar surface area (TPSA) is 38.7 Å². The zero-order valence-electron chi connectivity index (χ0n) is 9.72. The van der Waals surface area contributed by atoms with Gasteiger partial charge < -0.3 is 14.6 Å². The molecule has 1 aromatic rings. The quantitative estimate of drug-likeness (QED) is 0.929. The van der Waals surface area contributed by atoms with E-state index in [1.54, 1.807) is 6.07 Å². The second-order valence-corrected chi connectivity index (χ2v) is 5.15. The number of hydrogen-bond donors (Lipinski definition) is 1. The van der Waals surface area contributed by atoms with Gasteiger partial charge in [-0.15, -0.1) is 0 Å². The summed E-state index contributed by atoms with van der Waals surface area (Å²) in [6, 6.07) is 1.63. The first-order chi connectivity index (χ1) is 8.00. The van der Waals surface area contributed by atoms with Crippen molar-refractivity contribution in [3.63, 3.8) is 0 Å². The number of aliphatic hydroxyl groups is 1. The van der Waals surface area contributed by atoms with Crippen LogP contribution in [0.4, 0.5) is 4.39 Å². The third kappa shape index (κ3) is 2.40. The lowest BCUT2D eigenvalue weighted by molar-refractivity contribution is 0.149. The van der Waals surface area contributed by atoms with Crippen LogP contribution in [0.5, 0.6) is 11.5 Å². The predicted molar refractivity (Wildman–Crippen MR) is 65.1 cm³/mol. The van der Waals surface area contributed by atoms with Crippen molar-refractivity contribution in [3.8, 4) is 11.5 Å². The van der Waals surface area contributed by atoms with Crippen LogP contribution in [0.25, 0.3) is 0 Å². The fraction of sp³-hybridized carbons (Fsp3) is 0.500. The number of benzene rings is 1. The molecule has 0 spiro atoms. The highest BCUT2D eigenvalue weighted by atomic mass is 79.9. The van der Waals surface area contributed by atoms with Crippen molar-refractivity contribution in [1.29, 1.82) is 0 Å². The first-order valence-electron chi connectivity index (χ1n) is 5.32. The lowest BCUT2D eigenvalue weighted by Crippen LogP contribution is -2.12. The van der Waals surface area contributed by atoms with Crippen LogP contribution in [0.1, 0.15) is 18.4 Å². The van der Waals surface area contributed by atoms with E-state index in [0.717, 1.165) is 18.4 Å². The normalized spacial score (nSPS) is 16.8. The van der Waals surface area contributed by atoms with E-state index in [1.165, 1.54) is 14.2 Å². The van der Waals surface area contributed by atoms with Crippen LogP contribution in [0.2, 0.25) is 0 Å². The number of ether oxygens (including phenoxy) is 2. The van der Waals surface area contributed by atoms with Gasteiger partial charge in [-0.2, -0.15) is 0 Å². The number of methoxy groups -OCH3 is 2. The third-order valence-corrected chi connectivity index (χ3v) is 3.54. The minimum absolute atomic E-state index is 0.0705. The van der Waals surface area contributed by atoms with Gasteiger partial charge in [0.1, 0.15) is 0 Å². The molecule has 0 bridgehead atoms. The summed E-state index contributed by atoms with van der Waals surface area (Å²) in [4.78, 5) is 0. The monoisotopic (exact) mass is 304 g/mol. The van der Waals surface area contributed by atoms with Crippen LogP contribution in [0.3, 0.4) is 0 Å². The zero-order valence-corrected chi connectivity index (χ0v) is 11.3. The number of halogens is 2. The van der Waals surface area contributed by atoms with Crippen LogP contribution >= 0.6 is 15.9 Å². The summed E-state index contributed by atoms with van der Waals surface area (Å²) >= 11 is 3.14. The molecule has 0 atom stereocenters. The van der Waals surface area contributed by atoms with Crippen LogP contribution in [0, 0.1) is 5.82 Å². The van der Waals surface area contributed by atoms with Gasteiger partial charge in [-0.3, -0.25) is 0 Å². The van der Waals surface area contributed by atoms with Crippen LogP contribution in [0.15, 0.2) is 10.5 Å². The maximum Gasteiger partial charge on any atom is 0.198 e. The average molecular weight is 305 g/mol.